The summed E-state index contributed by atoms with van der Waals surface area (Å²) in [6.45, 7) is 11.2. The second kappa shape index (κ2) is 4.09. The largest absolute Gasteiger partial charge is 0.361 e. The van der Waals surface area contributed by atoms with Crippen molar-refractivity contribution in [2.75, 3.05) is 0 Å². The molecule has 0 aliphatic carbocycles. The third-order valence-electron chi connectivity index (χ3n) is 2.23. The first-order chi connectivity index (χ1) is 6.57. The summed E-state index contributed by atoms with van der Waals surface area (Å²) in [6, 6.07) is 0. The molecule has 1 aromatic heterocycles. The molecule has 0 aromatic carbocycles. The third kappa shape index (κ3) is 1.84. The molecule has 14 heavy (non-hydrogen) atoms. The Kier molecular flexibility index (Phi) is 3.07. The average molecular weight is 189 g/mol. The maximum atomic E-state index is 11.8. The zero-order valence-electron chi connectivity index (χ0n) is 8.68. The van der Waals surface area contributed by atoms with Crippen molar-refractivity contribution in [1.29, 1.82) is 0 Å². The Morgan fingerprint density at radius 1 is 1.64 bits per heavy atom. The number of aryl methyl sites for hydroxylation is 1. The van der Waals surface area contributed by atoms with E-state index in [2.05, 4.69) is 18.1 Å². The Balaban J connectivity index is 3.72. The maximum absolute atomic E-state index is 11.8. The van der Waals surface area contributed by atoms with Crippen LogP contribution in [0.4, 0.5) is 0 Å². The van der Waals surface area contributed by atoms with Crippen LogP contribution in [0.15, 0.2) is 23.6 Å². The Hall–Kier alpha value is -1.57. The fraction of sp³-hybridized carbons (Fsp3) is 0.250. The van der Waals surface area contributed by atoms with Crippen molar-refractivity contribution in [2.45, 2.75) is 20.3 Å². The molecule has 2 nitrogen and oxygen atoms in total. The molecule has 0 unspecified atom stereocenters. The van der Waals surface area contributed by atoms with Crippen molar-refractivity contribution < 1.29 is 0 Å². The molecule has 1 heterocycles. The van der Waals surface area contributed by atoms with E-state index in [-0.39, 0.29) is 5.43 Å². The van der Waals surface area contributed by atoms with Crippen LogP contribution in [0.2, 0.25) is 0 Å². The summed E-state index contributed by atoms with van der Waals surface area (Å²) in [5, 5.41) is 1.38. The summed E-state index contributed by atoms with van der Waals surface area (Å²) < 4.78 is 0. The van der Waals surface area contributed by atoms with Gasteiger partial charge in [-0.2, -0.15) is 0 Å². The lowest BCUT2D eigenvalue weighted by atomic mass is 10.1. The van der Waals surface area contributed by atoms with Crippen LogP contribution in [0, 0.1) is 6.92 Å². The molecule has 2 heteroatoms. The highest BCUT2D eigenvalue weighted by Crippen LogP contribution is 1.95. The standard InChI is InChI=1S/C12H15NO/c1-5-6-8(2)11-10(4)13-7-9(3)12(11)14/h5,7,13H,1,4,6H2,2-3H3/b11-8+. The molecule has 74 valence electrons. The van der Waals surface area contributed by atoms with Gasteiger partial charge in [0.2, 0.25) is 0 Å². The first-order valence-electron chi connectivity index (χ1n) is 4.56. The van der Waals surface area contributed by atoms with Gasteiger partial charge in [0.05, 0.1) is 0 Å². The molecule has 0 spiro atoms. The maximum Gasteiger partial charge on any atom is 0.192 e. The molecule has 1 aromatic rings. The van der Waals surface area contributed by atoms with E-state index in [0.717, 1.165) is 17.6 Å². The monoisotopic (exact) mass is 189 g/mol. The number of nitrogens with one attached hydrogen (secondary N) is 1. The molecule has 0 atom stereocenters. The third-order valence-corrected chi connectivity index (χ3v) is 2.23. The van der Waals surface area contributed by atoms with E-state index in [4.69, 9.17) is 0 Å². The molecule has 0 saturated heterocycles. The number of pyridine rings is 1. The normalized spacial score (nSPS) is 12.4. The summed E-state index contributed by atoms with van der Waals surface area (Å²) >= 11 is 0. The van der Waals surface area contributed by atoms with Gasteiger partial charge < -0.3 is 4.98 Å². The molecule has 0 bridgehead atoms. The highest BCUT2D eigenvalue weighted by Gasteiger charge is 1.98. The minimum atomic E-state index is 0.0631. The molecule has 0 saturated carbocycles. The lowest BCUT2D eigenvalue weighted by molar-refractivity contribution is 1.13. The van der Waals surface area contributed by atoms with Gasteiger partial charge in [0.1, 0.15) is 0 Å². The predicted molar refractivity (Wildman–Crippen MR) is 60.5 cm³/mol. The summed E-state index contributed by atoms with van der Waals surface area (Å²) in [6.07, 6.45) is 4.20. The van der Waals surface area contributed by atoms with Gasteiger partial charge in [0, 0.05) is 22.3 Å². The van der Waals surface area contributed by atoms with E-state index in [9.17, 15) is 4.79 Å². The van der Waals surface area contributed by atoms with Crippen LogP contribution in [-0.2, 0) is 0 Å². The van der Waals surface area contributed by atoms with Crippen molar-refractivity contribution >= 4 is 12.2 Å². The summed E-state index contributed by atoms with van der Waals surface area (Å²) in [5.41, 5.74) is 1.79. The van der Waals surface area contributed by atoms with Gasteiger partial charge in [0.25, 0.3) is 0 Å². The van der Waals surface area contributed by atoms with Crippen molar-refractivity contribution in [2.24, 2.45) is 0 Å². The zero-order chi connectivity index (χ0) is 10.7. The van der Waals surface area contributed by atoms with E-state index < -0.39 is 0 Å². The Morgan fingerprint density at radius 2 is 2.29 bits per heavy atom. The summed E-state index contributed by atoms with van der Waals surface area (Å²) in [7, 11) is 0. The molecule has 1 rings (SSSR count). The van der Waals surface area contributed by atoms with Crippen LogP contribution in [0.25, 0.3) is 12.2 Å². The van der Waals surface area contributed by atoms with Crippen LogP contribution in [-0.4, -0.2) is 4.98 Å². The van der Waals surface area contributed by atoms with Gasteiger partial charge in [-0.3, -0.25) is 4.79 Å². The SMILES string of the molecule is C=CC/C(C)=c1\c(=C)[nH]cc(C)c1=O. The van der Waals surface area contributed by atoms with Crippen LogP contribution >= 0.6 is 0 Å². The van der Waals surface area contributed by atoms with E-state index in [0.29, 0.717) is 10.6 Å². The number of allylic oxidation sites excluding steroid dienone is 1. The number of aromatic amines is 1. The number of hydrogen-bond acceptors (Lipinski definition) is 1. The molecule has 0 fully saturated rings. The van der Waals surface area contributed by atoms with E-state index in [1.54, 1.807) is 19.2 Å². The zero-order valence-corrected chi connectivity index (χ0v) is 8.68. The minimum Gasteiger partial charge on any atom is -0.361 e. The molecule has 0 aliphatic heterocycles. The summed E-state index contributed by atoms with van der Waals surface area (Å²) in [5.74, 6) is 0. The first kappa shape index (κ1) is 10.5. The predicted octanol–water partition coefficient (Wildman–Crippen LogP) is 0.840. The smallest absolute Gasteiger partial charge is 0.192 e. The van der Waals surface area contributed by atoms with Crippen LogP contribution in [0.3, 0.4) is 0 Å². The van der Waals surface area contributed by atoms with Crippen molar-refractivity contribution in [1.82, 2.24) is 4.98 Å². The van der Waals surface area contributed by atoms with Crippen LogP contribution < -0.4 is 16.0 Å². The number of rotatable bonds is 2. The van der Waals surface area contributed by atoms with Gasteiger partial charge in [0.15, 0.2) is 5.43 Å². The Labute approximate surface area is 83.3 Å². The molecule has 0 aliphatic rings. The fourth-order valence-corrected chi connectivity index (χ4v) is 1.44. The van der Waals surface area contributed by atoms with Crippen LogP contribution in [0.1, 0.15) is 18.9 Å². The minimum absolute atomic E-state index is 0.0631. The Bertz CT molecular complexity index is 508. The second-order valence-corrected chi connectivity index (χ2v) is 3.43. The Morgan fingerprint density at radius 3 is 2.86 bits per heavy atom. The molecular weight excluding hydrogens is 174 g/mol. The quantitative estimate of drug-likeness (QED) is 0.687. The average Bonchev–Trinajstić information content (AvgIpc) is 2.13. The van der Waals surface area contributed by atoms with Gasteiger partial charge in [-0.25, -0.2) is 0 Å². The molecule has 1 N–H and O–H groups in total. The lowest BCUT2D eigenvalue weighted by Crippen LogP contribution is -2.42. The number of hydrogen-bond donors (Lipinski definition) is 1. The van der Waals surface area contributed by atoms with Crippen LogP contribution in [0.5, 0.6) is 0 Å². The highest BCUT2D eigenvalue weighted by molar-refractivity contribution is 5.44. The van der Waals surface area contributed by atoms with Gasteiger partial charge in [-0.1, -0.05) is 18.2 Å². The van der Waals surface area contributed by atoms with Crippen molar-refractivity contribution in [3.05, 3.63) is 45.2 Å². The number of H-pyrrole nitrogens is 1. The van der Waals surface area contributed by atoms with Crippen molar-refractivity contribution in [3.63, 3.8) is 0 Å². The van der Waals surface area contributed by atoms with Gasteiger partial charge in [-0.15, -0.1) is 6.58 Å². The van der Waals surface area contributed by atoms with Gasteiger partial charge >= 0.3 is 0 Å². The fourth-order valence-electron chi connectivity index (χ4n) is 1.44. The van der Waals surface area contributed by atoms with E-state index >= 15 is 0 Å². The first-order valence-corrected chi connectivity index (χ1v) is 4.56. The molecule has 0 amide bonds. The van der Waals surface area contributed by atoms with Crippen molar-refractivity contribution in [3.8, 4) is 0 Å². The molecular formula is C12H15NO. The topological polar surface area (TPSA) is 32.9 Å². The van der Waals surface area contributed by atoms with E-state index in [1.165, 1.54) is 0 Å². The second-order valence-electron chi connectivity index (χ2n) is 3.43. The van der Waals surface area contributed by atoms with Gasteiger partial charge in [-0.05, 0) is 20.3 Å². The summed E-state index contributed by atoms with van der Waals surface area (Å²) in [4.78, 5) is 14.8. The number of aromatic nitrogens is 1. The highest BCUT2D eigenvalue weighted by atomic mass is 16.1. The lowest BCUT2D eigenvalue weighted by Gasteiger charge is -1.98. The molecule has 0 radical (unpaired) electrons. The van der Waals surface area contributed by atoms with E-state index in [1.807, 2.05) is 6.92 Å².